The molecule has 0 spiro atoms. The predicted octanol–water partition coefficient (Wildman–Crippen LogP) is 2.21. The van der Waals surface area contributed by atoms with Crippen LogP contribution < -0.4 is 5.73 Å². The lowest BCUT2D eigenvalue weighted by molar-refractivity contribution is 0.0697. The first-order chi connectivity index (χ1) is 10.2. The van der Waals surface area contributed by atoms with E-state index >= 15 is 0 Å². The number of carbonyl (C=O) groups is 1. The second kappa shape index (κ2) is 5.73. The lowest BCUT2D eigenvalue weighted by Gasteiger charge is -2.20. The highest BCUT2D eigenvalue weighted by Crippen LogP contribution is 2.29. The van der Waals surface area contributed by atoms with Gasteiger partial charge in [0.1, 0.15) is 11.4 Å². The van der Waals surface area contributed by atoms with Gasteiger partial charge in [0.15, 0.2) is 5.82 Å². The molecule has 1 aromatic heterocycles. The van der Waals surface area contributed by atoms with E-state index in [0.717, 1.165) is 5.56 Å². The maximum absolute atomic E-state index is 10.9. The molecule has 2 rings (SSSR count). The summed E-state index contributed by atoms with van der Waals surface area (Å²) in [4.78, 5) is 19.0. The molecule has 22 heavy (non-hydrogen) atoms. The van der Waals surface area contributed by atoms with E-state index in [4.69, 9.17) is 10.8 Å². The van der Waals surface area contributed by atoms with Gasteiger partial charge in [0.25, 0.3) is 0 Å². The smallest absolute Gasteiger partial charge is 0.341 e. The van der Waals surface area contributed by atoms with Gasteiger partial charge in [-0.3, -0.25) is 0 Å². The molecule has 6 heteroatoms. The Balaban J connectivity index is 2.53. The number of aliphatic hydroxyl groups is 1. The number of nitrogen functional groups attached to an aromatic ring is 1. The van der Waals surface area contributed by atoms with E-state index in [1.165, 1.54) is 6.20 Å². The number of aromatic nitrogens is 2. The first-order valence-corrected chi connectivity index (χ1v) is 6.84. The Bertz CT molecular complexity index is 721. The van der Waals surface area contributed by atoms with Crippen molar-refractivity contribution in [2.75, 3.05) is 5.73 Å². The van der Waals surface area contributed by atoms with E-state index in [2.05, 4.69) is 30.7 Å². The van der Waals surface area contributed by atoms with E-state index in [0.29, 0.717) is 17.0 Å². The summed E-state index contributed by atoms with van der Waals surface area (Å²) in [6, 6.07) is 5.67. The molecular formula is C16H19N3O3. The van der Waals surface area contributed by atoms with Gasteiger partial charge in [-0.1, -0.05) is 39.0 Å². The van der Waals surface area contributed by atoms with Crippen LogP contribution in [0.25, 0.3) is 11.4 Å². The van der Waals surface area contributed by atoms with Gasteiger partial charge >= 0.3 is 5.97 Å². The number of rotatable bonds is 3. The number of hydrogen-bond donors (Lipinski definition) is 3. The molecule has 0 bridgehead atoms. The molecule has 2 aromatic rings. The van der Waals surface area contributed by atoms with Crippen LogP contribution in [0.15, 0.2) is 24.4 Å². The van der Waals surface area contributed by atoms with Crippen LogP contribution in [0.3, 0.4) is 0 Å². The molecule has 116 valence electrons. The lowest BCUT2D eigenvalue weighted by Crippen LogP contribution is -2.12. The highest BCUT2D eigenvalue weighted by molar-refractivity contribution is 5.92. The quantitative estimate of drug-likeness (QED) is 0.802. The predicted molar refractivity (Wildman–Crippen MR) is 83.5 cm³/mol. The molecule has 0 aliphatic carbocycles. The topological polar surface area (TPSA) is 109 Å². The maximum atomic E-state index is 10.9. The third-order valence-corrected chi connectivity index (χ3v) is 3.43. The summed E-state index contributed by atoms with van der Waals surface area (Å²) < 4.78 is 0. The van der Waals surface area contributed by atoms with Gasteiger partial charge in [-0.05, 0) is 16.5 Å². The summed E-state index contributed by atoms with van der Waals surface area (Å²) in [5.74, 6) is -0.970. The first-order valence-electron chi connectivity index (χ1n) is 6.84. The van der Waals surface area contributed by atoms with Gasteiger partial charge < -0.3 is 15.9 Å². The van der Waals surface area contributed by atoms with Crippen LogP contribution in [0.5, 0.6) is 0 Å². The minimum Gasteiger partial charge on any atom is -0.477 e. The molecule has 0 amide bonds. The molecule has 0 radical (unpaired) electrons. The number of aliphatic hydroxyl groups excluding tert-OH is 1. The zero-order chi connectivity index (χ0) is 16.5. The summed E-state index contributed by atoms with van der Waals surface area (Å²) >= 11 is 0. The molecule has 0 unspecified atom stereocenters. The SMILES string of the molecule is CC(C)(C)c1ccc(-c2ncc(C(=O)O)c(N)n2)c(CO)c1. The normalized spacial score (nSPS) is 11.5. The molecule has 1 heterocycles. The highest BCUT2D eigenvalue weighted by atomic mass is 16.4. The summed E-state index contributed by atoms with van der Waals surface area (Å²) in [6.07, 6.45) is 1.18. The average molecular weight is 301 g/mol. The summed E-state index contributed by atoms with van der Waals surface area (Å²) in [7, 11) is 0. The fourth-order valence-corrected chi connectivity index (χ4v) is 2.10. The van der Waals surface area contributed by atoms with Crippen LogP contribution in [0.2, 0.25) is 0 Å². The Labute approximate surface area is 128 Å². The summed E-state index contributed by atoms with van der Waals surface area (Å²) in [6.45, 7) is 6.08. The second-order valence-electron chi connectivity index (χ2n) is 6.08. The maximum Gasteiger partial charge on any atom is 0.341 e. The Hall–Kier alpha value is -2.47. The van der Waals surface area contributed by atoms with Crippen molar-refractivity contribution in [1.82, 2.24) is 9.97 Å². The molecule has 0 aliphatic rings. The number of aromatic carboxylic acids is 1. The average Bonchev–Trinajstić information content (AvgIpc) is 2.45. The standard InChI is InChI=1S/C16H19N3O3/c1-16(2,3)10-4-5-11(9(6-10)8-20)14-18-7-12(15(21)22)13(17)19-14/h4-7,20H,8H2,1-3H3,(H,21,22)(H2,17,18,19). The summed E-state index contributed by atoms with van der Waals surface area (Å²) in [5.41, 5.74) is 7.86. The van der Waals surface area contributed by atoms with E-state index in [1.54, 1.807) is 0 Å². The third-order valence-electron chi connectivity index (χ3n) is 3.43. The van der Waals surface area contributed by atoms with E-state index in [1.807, 2.05) is 18.2 Å². The number of carboxylic acids is 1. The molecule has 0 saturated carbocycles. The van der Waals surface area contributed by atoms with Crippen molar-refractivity contribution in [1.29, 1.82) is 0 Å². The van der Waals surface area contributed by atoms with Crippen LogP contribution in [-0.2, 0) is 12.0 Å². The zero-order valence-electron chi connectivity index (χ0n) is 12.8. The molecule has 0 fully saturated rings. The molecule has 1 aromatic carbocycles. The first kappa shape index (κ1) is 15.9. The minimum absolute atomic E-state index is 0.0461. The van der Waals surface area contributed by atoms with Gasteiger partial charge in [0.05, 0.1) is 6.61 Å². The largest absolute Gasteiger partial charge is 0.477 e. The van der Waals surface area contributed by atoms with Crippen molar-refractivity contribution in [2.45, 2.75) is 32.8 Å². The molecule has 6 nitrogen and oxygen atoms in total. The minimum atomic E-state index is -1.17. The van der Waals surface area contributed by atoms with Gasteiger partial charge in [-0.15, -0.1) is 0 Å². The molecule has 0 aliphatic heterocycles. The van der Waals surface area contributed by atoms with Crippen LogP contribution >= 0.6 is 0 Å². The van der Waals surface area contributed by atoms with Crippen molar-refractivity contribution in [3.8, 4) is 11.4 Å². The van der Waals surface area contributed by atoms with Crippen molar-refractivity contribution >= 4 is 11.8 Å². The van der Waals surface area contributed by atoms with Gasteiger partial charge in [-0.25, -0.2) is 14.8 Å². The second-order valence-corrected chi connectivity index (χ2v) is 6.08. The van der Waals surface area contributed by atoms with Crippen LogP contribution in [0, 0.1) is 0 Å². The van der Waals surface area contributed by atoms with Crippen LogP contribution in [0.4, 0.5) is 5.82 Å². The monoisotopic (exact) mass is 301 g/mol. The van der Waals surface area contributed by atoms with Gasteiger partial charge in [0, 0.05) is 11.8 Å². The Morgan fingerprint density at radius 2 is 2.00 bits per heavy atom. The third kappa shape index (κ3) is 3.07. The lowest BCUT2D eigenvalue weighted by atomic mass is 9.85. The number of anilines is 1. The van der Waals surface area contributed by atoms with Crippen molar-refractivity contribution < 1.29 is 15.0 Å². The number of carboxylic acid groups (broad SMARTS) is 1. The van der Waals surface area contributed by atoms with Gasteiger partial charge in [0.2, 0.25) is 0 Å². The van der Waals surface area contributed by atoms with E-state index < -0.39 is 5.97 Å². The van der Waals surface area contributed by atoms with Crippen molar-refractivity contribution in [2.24, 2.45) is 0 Å². The van der Waals surface area contributed by atoms with Gasteiger partial charge in [-0.2, -0.15) is 0 Å². The number of nitrogens with zero attached hydrogens (tertiary/aromatic N) is 2. The molecule has 4 N–H and O–H groups in total. The fourth-order valence-electron chi connectivity index (χ4n) is 2.10. The number of nitrogens with two attached hydrogens (primary N) is 1. The highest BCUT2D eigenvalue weighted by Gasteiger charge is 2.18. The number of hydrogen-bond acceptors (Lipinski definition) is 5. The van der Waals surface area contributed by atoms with E-state index in [-0.39, 0.29) is 23.4 Å². The number of benzene rings is 1. The Morgan fingerprint density at radius 1 is 1.32 bits per heavy atom. The van der Waals surface area contributed by atoms with E-state index in [9.17, 15) is 9.90 Å². The molecule has 0 atom stereocenters. The summed E-state index contributed by atoms with van der Waals surface area (Å²) in [5, 5.41) is 18.6. The molecular weight excluding hydrogens is 282 g/mol. The van der Waals surface area contributed by atoms with Crippen molar-refractivity contribution in [3.05, 3.63) is 41.1 Å². The van der Waals surface area contributed by atoms with Crippen LogP contribution in [-0.4, -0.2) is 26.2 Å². The molecule has 0 saturated heterocycles. The van der Waals surface area contributed by atoms with Crippen LogP contribution in [0.1, 0.15) is 42.3 Å². The van der Waals surface area contributed by atoms with Crippen molar-refractivity contribution in [3.63, 3.8) is 0 Å². The fraction of sp³-hybridized carbons (Fsp3) is 0.312. The Morgan fingerprint density at radius 3 is 2.50 bits per heavy atom. The Kier molecular flexibility index (Phi) is 4.14. The zero-order valence-corrected chi connectivity index (χ0v) is 12.8.